The van der Waals surface area contributed by atoms with E-state index in [1.54, 1.807) is 25.1 Å². The van der Waals surface area contributed by atoms with Crippen molar-refractivity contribution in [3.8, 4) is 11.6 Å². The normalized spacial score (nSPS) is 14.6. The quantitative estimate of drug-likeness (QED) is 0.516. The average Bonchev–Trinajstić information content (AvgIpc) is 3.03. The number of benzene rings is 1. The number of imide groups is 1. The van der Waals surface area contributed by atoms with Gasteiger partial charge in [0, 0.05) is 29.9 Å². The van der Waals surface area contributed by atoms with Gasteiger partial charge in [-0.3, -0.25) is 23.5 Å². The number of carbonyl (C=O) groups excluding carboxylic acids is 3. The number of carbonyl (C=O) groups is 3. The molecule has 11 heteroatoms. The van der Waals surface area contributed by atoms with E-state index in [4.69, 9.17) is 14.2 Å². The molecule has 0 radical (unpaired) electrons. The molecule has 0 saturated carbocycles. The van der Waals surface area contributed by atoms with Gasteiger partial charge in [-0.1, -0.05) is 6.07 Å². The van der Waals surface area contributed by atoms with Gasteiger partial charge in [0.15, 0.2) is 5.75 Å². The molecule has 2 atom stereocenters. The zero-order chi connectivity index (χ0) is 24.1. The van der Waals surface area contributed by atoms with E-state index in [-0.39, 0.29) is 35.1 Å². The molecule has 1 N–H and O–H groups in total. The van der Waals surface area contributed by atoms with Crippen molar-refractivity contribution < 1.29 is 32.8 Å². The van der Waals surface area contributed by atoms with Crippen LogP contribution in [0.25, 0.3) is 0 Å². The molecule has 10 nitrogen and oxygen atoms in total. The molecule has 0 saturated heterocycles. The van der Waals surface area contributed by atoms with Crippen molar-refractivity contribution in [1.82, 2.24) is 9.88 Å². The topological polar surface area (TPSA) is 124 Å². The number of fused-ring (bicyclic) bond motifs is 1. The third-order valence-electron chi connectivity index (χ3n) is 4.89. The van der Waals surface area contributed by atoms with Gasteiger partial charge >= 0.3 is 0 Å². The molecule has 33 heavy (non-hydrogen) atoms. The van der Waals surface area contributed by atoms with Crippen LogP contribution in [-0.4, -0.2) is 71.3 Å². The maximum atomic E-state index is 13.4. The number of hydrogen-bond donors (Lipinski definition) is 1. The number of aromatic nitrogens is 1. The molecule has 0 bridgehead atoms. The molecule has 1 aromatic heterocycles. The summed E-state index contributed by atoms with van der Waals surface area (Å²) >= 11 is 0. The first-order chi connectivity index (χ1) is 15.8. The highest BCUT2D eigenvalue weighted by Gasteiger charge is 2.43. The number of nitrogens with one attached hydrogen (secondary N) is 1. The number of pyridine rings is 1. The Morgan fingerprint density at radius 3 is 2.58 bits per heavy atom. The first-order valence-electron chi connectivity index (χ1n) is 10.1. The van der Waals surface area contributed by atoms with Crippen LogP contribution in [0.3, 0.4) is 0 Å². The monoisotopic (exact) mass is 475 g/mol. The molecule has 176 valence electrons. The summed E-state index contributed by atoms with van der Waals surface area (Å²) in [4.78, 5) is 44.2. The van der Waals surface area contributed by atoms with Crippen molar-refractivity contribution in [2.24, 2.45) is 0 Å². The molecule has 3 amide bonds. The zero-order valence-corrected chi connectivity index (χ0v) is 19.6. The molecule has 1 aromatic carbocycles. The Labute approximate surface area is 193 Å². The maximum absolute atomic E-state index is 13.4. The molecule has 2 heterocycles. The fourth-order valence-electron chi connectivity index (χ4n) is 3.55. The van der Waals surface area contributed by atoms with Crippen LogP contribution in [0.4, 0.5) is 5.69 Å². The van der Waals surface area contributed by atoms with E-state index in [0.717, 1.165) is 4.90 Å². The van der Waals surface area contributed by atoms with Gasteiger partial charge < -0.3 is 19.5 Å². The Morgan fingerprint density at radius 1 is 1.18 bits per heavy atom. The van der Waals surface area contributed by atoms with Gasteiger partial charge in [0.25, 0.3) is 17.7 Å². The van der Waals surface area contributed by atoms with Crippen LogP contribution in [0.5, 0.6) is 11.6 Å². The van der Waals surface area contributed by atoms with Crippen LogP contribution in [0, 0.1) is 0 Å². The Bertz CT molecular complexity index is 1110. The summed E-state index contributed by atoms with van der Waals surface area (Å²) < 4.78 is 27.8. The molecule has 0 fully saturated rings. The lowest BCUT2D eigenvalue weighted by molar-refractivity contribution is -0.119. The lowest BCUT2D eigenvalue weighted by Gasteiger charge is -2.25. The second-order valence-electron chi connectivity index (χ2n) is 7.12. The average molecular weight is 476 g/mol. The molecule has 3 rings (SSSR count). The minimum Gasteiger partial charge on any atom is -0.491 e. The largest absolute Gasteiger partial charge is 0.491 e. The van der Waals surface area contributed by atoms with Crippen molar-refractivity contribution in [1.29, 1.82) is 0 Å². The highest BCUT2D eigenvalue weighted by atomic mass is 32.2. The fourth-order valence-corrected chi connectivity index (χ4v) is 4.31. The Morgan fingerprint density at radius 2 is 1.94 bits per heavy atom. The number of nitrogens with zero attached hydrogens (tertiary/aromatic N) is 2. The number of ether oxygens (including phenoxy) is 3. The van der Waals surface area contributed by atoms with E-state index >= 15 is 0 Å². The summed E-state index contributed by atoms with van der Waals surface area (Å²) in [5, 5.41) is 2.60. The van der Waals surface area contributed by atoms with E-state index in [9.17, 15) is 18.6 Å². The van der Waals surface area contributed by atoms with E-state index in [0.29, 0.717) is 18.1 Å². The SMILES string of the molecule is CCOc1nc(C(CS(C)=O)N2C(=O)c3cccc(NC(=O)COC)c3C2=O)ccc1OC. The first-order valence-corrected chi connectivity index (χ1v) is 11.8. The number of anilines is 1. The number of hydrogen-bond acceptors (Lipinski definition) is 8. The predicted octanol–water partition coefficient (Wildman–Crippen LogP) is 1.79. The number of amides is 3. The van der Waals surface area contributed by atoms with Crippen molar-refractivity contribution in [2.45, 2.75) is 13.0 Å². The molecule has 0 spiro atoms. The summed E-state index contributed by atoms with van der Waals surface area (Å²) in [6.07, 6.45) is 1.48. The summed E-state index contributed by atoms with van der Waals surface area (Å²) in [7, 11) is 1.48. The zero-order valence-electron chi connectivity index (χ0n) is 18.7. The van der Waals surface area contributed by atoms with Crippen LogP contribution in [0.2, 0.25) is 0 Å². The summed E-state index contributed by atoms with van der Waals surface area (Å²) in [5.41, 5.74) is 0.733. The van der Waals surface area contributed by atoms with E-state index in [1.807, 2.05) is 0 Å². The van der Waals surface area contributed by atoms with Crippen LogP contribution in [0.15, 0.2) is 30.3 Å². The highest BCUT2D eigenvalue weighted by Crippen LogP contribution is 2.36. The van der Waals surface area contributed by atoms with Gasteiger partial charge in [-0.15, -0.1) is 0 Å². The number of rotatable bonds is 10. The summed E-state index contributed by atoms with van der Waals surface area (Å²) in [6, 6.07) is 6.91. The van der Waals surface area contributed by atoms with Crippen LogP contribution < -0.4 is 14.8 Å². The van der Waals surface area contributed by atoms with Gasteiger partial charge in [0.2, 0.25) is 5.91 Å². The third-order valence-corrected chi connectivity index (χ3v) is 5.67. The molecular weight excluding hydrogens is 450 g/mol. The van der Waals surface area contributed by atoms with Crippen molar-refractivity contribution in [2.75, 3.05) is 44.8 Å². The lowest BCUT2D eigenvalue weighted by Crippen LogP contribution is -2.37. The van der Waals surface area contributed by atoms with Crippen LogP contribution in [-0.2, 0) is 20.3 Å². The minimum absolute atomic E-state index is 0.0261. The van der Waals surface area contributed by atoms with Crippen LogP contribution in [0.1, 0.15) is 39.4 Å². The minimum atomic E-state index is -1.37. The van der Waals surface area contributed by atoms with Crippen molar-refractivity contribution in [3.63, 3.8) is 0 Å². The van der Waals surface area contributed by atoms with Gasteiger partial charge in [0.05, 0.1) is 42.3 Å². The summed E-state index contributed by atoms with van der Waals surface area (Å²) in [6.45, 7) is 1.91. The van der Waals surface area contributed by atoms with Crippen molar-refractivity contribution in [3.05, 3.63) is 47.2 Å². The maximum Gasteiger partial charge on any atom is 0.264 e. The van der Waals surface area contributed by atoms with Crippen LogP contribution >= 0.6 is 0 Å². The first kappa shape index (κ1) is 24.3. The summed E-state index contributed by atoms with van der Waals surface area (Å²) in [5.74, 6) is -1.08. The molecular formula is C22H25N3O7S. The van der Waals surface area contributed by atoms with Crippen molar-refractivity contribution >= 4 is 34.2 Å². The predicted molar refractivity (Wildman–Crippen MR) is 121 cm³/mol. The van der Waals surface area contributed by atoms with E-state index < -0.39 is 34.6 Å². The van der Waals surface area contributed by atoms with Gasteiger partial charge in [-0.05, 0) is 31.2 Å². The molecule has 2 aromatic rings. The second kappa shape index (κ2) is 10.5. The van der Waals surface area contributed by atoms with Gasteiger partial charge in [0.1, 0.15) is 6.61 Å². The second-order valence-corrected chi connectivity index (χ2v) is 8.60. The van der Waals surface area contributed by atoms with Gasteiger partial charge in [-0.25, -0.2) is 4.98 Å². The third kappa shape index (κ3) is 5.04. The fraction of sp³-hybridized carbons (Fsp3) is 0.364. The Balaban J connectivity index is 2.05. The standard InChI is InChI=1S/C22H25N3O7S/c1-5-32-20-17(31-3)10-9-14(24-20)16(12-33(4)29)25-21(27)13-7-6-8-15(19(13)22(25)28)23-18(26)11-30-2/h6-10,16H,5,11-12H2,1-4H3,(H,23,26). The molecule has 0 aliphatic carbocycles. The number of methoxy groups -OCH3 is 2. The lowest BCUT2D eigenvalue weighted by atomic mass is 10.1. The highest BCUT2D eigenvalue weighted by molar-refractivity contribution is 7.84. The molecule has 1 aliphatic heterocycles. The van der Waals surface area contributed by atoms with Gasteiger partial charge in [-0.2, -0.15) is 0 Å². The smallest absolute Gasteiger partial charge is 0.264 e. The van der Waals surface area contributed by atoms with E-state index in [2.05, 4.69) is 10.3 Å². The Kier molecular flexibility index (Phi) is 7.77. The Hall–Kier alpha value is -3.31. The van der Waals surface area contributed by atoms with E-state index in [1.165, 1.54) is 32.6 Å². The molecule has 2 unspecified atom stereocenters. The molecule has 1 aliphatic rings.